The topological polar surface area (TPSA) is 62.0 Å². The maximum Gasteiger partial charge on any atom is 0.0950 e. The van der Waals surface area contributed by atoms with Crippen molar-refractivity contribution < 1.29 is 5.11 Å². The van der Waals surface area contributed by atoms with Crippen LogP contribution in [0.25, 0.3) is 10.9 Å². The highest BCUT2D eigenvalue weighted by Crippen LogP contribution is 2.21. The van der Waals surface area contributed by atoms with E-state index in [1.807, 2.05) is 30.3 Å². The SMILES string of the molecule is NCC[C@H](O)c1cc2ccccc2[nH]1. The molecule has 2 rings (SSSR count). The van der Waals surface area contributed by atoms with Crippen molar-refractivity contribution in [2.75, 3.05) is 6.54 Å². The summed E-state index contributed by atoms with van der Waals surface area (Å²) in [7, 11) is 0. The third-order valence-electron chi connectivity index (χ3n) is 2.35. The minimum Gasteiger partial charge on any atom is -0.387 e. The first-order valence-corrected chi connectivity index (χ1v) is 4.77. The van der Waals surface area contributed by atoms with E-state index in [1.165, 1.54) is 0 Å². The van der Waals surface area contributed by atoms with Crippen molar-refractivity contribution >= 4 is 10.9 Å². The largest absolute Gasteiger partial charge is 0.387 e. The zero-order chi connectivity index (χ0) is 9.97. The zero-order valence-electron chi connectivity index (χ0n) is 7.90. The van der Waals surface area contributed by atoms with Crippen molar-refractivity contribution in [3.8, 4) is 0 Å². The highest BCUT2D eigenvalue weighted by molar-refractivity contribution is 5.80. The zero-order valence-corrected chi connectivity index (χ0v) is 7.90. The Bertz CT molecular complexity index is 389. The lowest BCUT2D eigenvalue weighted by Crippen LogP contribution is -2.06. The quantitative estimate of drug-likeness (QED) is 0.687. The number of nitrogens with two attached hydrogens (primary N) is 1. The second kappa shape index (κ2) is 3.82. The van der Waals surface area contributed by atoms with Crippen LogP contribution in [0.3, 0.4) is 0 Å². The second-order valence-corrected chi connectivity index (χ2v) is 3.41. The van der Waals surface area contributed by atoms with E-state index in [0.29, 0.717) is 13.0 Å². The molecule has 0 aliphatic carbocycles. The van der Waals surface area contributed by atoms with E-state index >= 15 is 0 Å². The lowest BCUT2D eigenvalue weighted by molar-refractivity contribution is 0.166. The predicted octanol–water partition coefficient (Wildman–Crippen LogP) is 1.55. The molecule has 3 nitrogen and oxygen atoms in total. The third kappa shape index (κ3) is 1.64. The minimum absolute atomic E-state index is 0.479. The summed E-state index contributed by atoms with van der Waals surface area (Å²) in [4.78, 5) is 3.17. The van der Waals surface area contributed by atoms with Gasteiger partial charge < -0.3 is 15.8 Å². The summed E-state index contributed by atoms with van der Waals surface area (Å²) in [5.74, 6) is 0. The maximum atomic E-state index is 9.71. The molecule has 0 spiro atoms. The number of hydrogen-bond acceptors (Lipinski definition) is 2. The molecule has 1 heterocycles. The van der Waals surface area contributed by atoms with Gasteiger partial charge in [0.1, 0.15) is 0 Å². The van der Waals surface area contributed by atoms with Crippen LogP contribution in [-0.4, -0.2) is 16.6 Å². The molecule has 0 amide bonds. The molecule has 74 valence electrons. The van der Waals surface area contributed by atoms with Crippen molar-refractivity contribution in [2.24, 2.45) is 5.73 Å². The van der Waals surface area contributed by atoms with Gasteiger partial charge in [-0.15, -0.1) is 0 Å². The van der Waals surface area contributed by atoms with Crippen molar-refractivity contribution in [3.63, 3.8) is 0 Å². The summed E-state index contributed by atoms with van der Waals surface area (Å²) in [6.45, 7) is 0.497. The van der Waals surface area contributed by atoms with Gasteiger partial charge in [0.15, 0.2) is 0 Å². The highest BCUT2D eigenvalue weighted by atomic mass is 16.3. The third-order valence-corrected chi connectivity index (χ3v) is 2.35. The van der Waals surface area contributed by atoms with Crippen molar-refractivity contribution in [3.05, 3.63) is 36.0 Å². The summed E-state index contributed by atoms with van der Waals surface area (Å²) in [5, 5.41) is 10.8. The Labute approximate surface area is 82.6 Å². The first-order chi connectivity index (χ1) is 6.81. The first-order valence-electron chi connectivity index (χ1n) is 4.77. The normalized spacial score (nSPS) is 13.3. The van der Waals surface area contributed by atoms with E-state index in [2.05, 4.69) is 4.98 Å². The number of aliphatic hydroxyl groups is 1. The van der Waals surface area contributed by atoms with E-state index < -0.39 is 6.10 Å². The van der Waals surface area contributed by atoms with Crippen molar-refractivity contribution in [2.45, 2.75) is 12.5 Å². The number of aromatic nitrogens is 1. The van der Waals surface area contributed by atoms with E-state index in [-0.39, 0.29) is 0 Å². The molecule has 1 aromatic heterocycles. The molecule has 0 aliphatic rings. The second-order valence-electron chi connectivity index (χ2n) is 3.41. The number of H-pyrrole nitrogens is 1. The number of nitrogens with one attached hydrogen (secondary N) is 1. The summed E-state index contributed by atoms with van der Waals surface area (Å²) < 4.78 is 0. The van der Waals surface area contributed by atoms with Crippen LogP contribution in [0, 0.1) is 0 Å². The molecule has 1 aromatic carbocycles. The van der Waals surface area contributed by atoms with Gasteiger partial charge in [-0.2, -0.15) is 0 Å². The Morgan fingerprint density at radius 1 is 1.36 bits per heavy atom. The van der Waals surface area contributed by atoms with Crippen LogP contribution in [-0.2, 0) is 0 Å². The smallest absolute Gasteiger partial charge is 0.0950 e. The molecule has 0 saturated carbocycles. The van der Waals surface area contributed by atoms with Gasteiger partial charge in [0.05, 0.1) is 6.10 Å². The van der Waals surface area contributed by atoms with Gasteiger partial charge in [-0.25, -0.2) is 0 Å². The average Bonchev–Trinajstić information content (AvgIpc) is 2.61. The molecule has 14 heavy (non-hydrogen) atoms. The van der Waals surface area contributed by atoms with E-state index in [4.69, 9.17) is 5.73 Å². The standard InChI is InChI=1S/C11H14N2O/c12-6-5-11(14)10-7-8-3-1-2-4-9(8)13-10/h1-4,7,11,13-14H,5-6,12H2/t11-/m0/s1. The van der Waals surface area contributed by atoms with Crippen molar-refractivity contribution in [1.82, 2.24) is 4.98 Å². The maximum absolute atomic E-state index is 9.71. The Balaban J connectivity index is 2.35. The fraction of sp³-hybridized carbons (Fsp3) is 0.273. The lowest BCUT2D eigenvalue weighted by atomic mass is 10.2. The van der Waals surface area contributed by atoms with Crippen LogP contribution in [0.15, 0.2) is 30.3 Å². The Kier molecular flexibility index (Phi) is 2.52. The van der Waals surface area contributed by atoms with Gasteiger partial charge >= 0.3 is 0 Å². The van der Waals surface area contributed by atoms with Gasteiger partial charge in [-0.05, 0) is 30.5 Å². The van der Waals surface area contributed by atoms with Crippen LogP contribution >= 0.6 is 0 Å². The fourth-order valence-corrected chi connectivity index (χ4v) is 1.59. The van der Waals surface area contributed by atoms with Crippen LogP contribution in [0.5, 0.6) is 0 Å². The molecular formula is C11H14N2O. The minimum atomic E-state index is -0.479. The van der Waals surface area contributed by atoms with Crippen LogP contribution in [0.4, 0.5) is 0 Å². The Morgan fingerprint density at radius 2 is 2.14 bits per heavy atom. The van der Waals surface area contributed by atoms with Crippen LogP contribution in [0.2, 0.25) is 0 Å². The number of aromatic amines is 1. The highest BCUT2D eigenvalue weighted by Gasteiger charge is 2.08. The van der Waals surface area contributed by atoms with Gasteiger partial charge in [0.2, 0.25) is 0 Å². The Morgan fingerprint density at radius 3 is 2.86 bits per heavy atom. The summed E-state index contributed by atoms with van der Waals surface area (Å²) in [6, 6.07) is 9.93. The molecule has 0 radical (unpaired) electrons. The number of benzene rings is 1. The number of rotatable bonds is 3. The monoisotopic (exact) mass is 190 g/mol. The van der Waals surface area contributed by atoms with E-state index in [1.54, 1.807) is 0 Å². The number of aliphatic hydroxyl groups excluding tert-OH is 1. The van der Waals surface area contributed by atoms with E-state index in [0.717, 1.165) is 16.6 Å². The van der Waals surface area contributed by atoms with Crippen LogP contribution in [0.1, 0.15) is 18.2 Å². The molecule has 0 saturated heterocycles. The summed E-state index contributed by atoms with van der Waals surface area (Å²) in [6.07, 6.45) is 0.111. The van der Waals surface area contributed by atoms with Crippen molar-refractivity contribution in [1.29, 1.82) is 0 Å². The fourth-order valence-electron chi connectivity index (χ4n) is 1.59. The molecule has 4 N–H and O–H groups in total. The molecule has 0 bridgehead atoms. The number of para-hydroxylation sites is 1. The molecule has 2 aromatic rings. The number of fused-ring (bicyclic) bond motifs is 1. The first kappa shape index (κ1) is 9.24. The molecule has 3 heteroatoms. The molecule has 1 atom stereocenters. The van der Waals surface area contributed by atoms with Gasteiger partial charge in [0.25, 0.3) is 0 Å². The number of hydrogen-bond donors (Lipinski definition) is 3. The summed E-state index contributed by atoms with van der Waals surface area (Å²) in [5.41, 5.74) is 7.29. The lowest BCUT2D eigenvalue weighted by Gasteiger charge is -2.05. The van der Waals surface area contributed by atoms with Gasteiger partial charge in [-0.1, -0.05) is 18.2 Å². The average molecular weight is 190 g/mol. The van der Waals surface area contributed by atoms with Gasteiger partial charge in [0, 0.05) is 11.2 Å². The Hall–Kier alpha value is -1.32. The molecule has 0 fully saturated rings. The van der Waals surface area contributed by atoms with E-state index in [9.17, 15) is 5.11 Å². The van der Waals surface area contributed by atoms with Crippen LogP contribution < -0.4 is 5.73 Å². The molecule has 0 aliphatic heterocycles. The summed E-state index contributed by atoms with van der Waals surface area (Å²) >= 11 is 0. The molecular weight excluding hydrogens is 176 g/mol. The predicted molar refractivity (Wildman–Crippen MR) is 56.9 cm³/mol. The van der Waals surface area contributed by atoms with Gasteiger partial charge in [-0.3, -0.25) is 0 Å². The molecule has 0 unspecified atom stereocenters.